The first-order valence-corrected chi connectivity index (χ1v) is 11.0. The van der Waals surface area contributed by atoms with E-state index in [4.69, 9.17) is 9.47 Å². The molecule has 10 nitrogen and oxygen atoms in total. The maximum Gasteiger partial charge on any atom is 0.264 e. The number of imide groups is 2. The number of nitrogens with one attached hydrogen (secondary N) is 3. The lowest BCUT2D eigenvalue weighted by Crippen LogP contribution is -2.54. The van der Waals surface area contributed by atoms with E-state index in [1.165, 1.54) is 0 Å². The second-order valence-corrected chi connectivity index (χ2v) is 8.03. The number of carbonyl (C=O) groups excluding carboxylic acids is 4. The van der Waals surface area contributed by atoms with Gasteiger partial charge in [0.05, 0.1) is 37.1 Å². The number of nitrogens with zero attached hydrogens (tertiary/aromatic N) is 1. The number of carbonyl (C=O) groups is 4. The van der Waals surface area contributed by atoms with Crippen LogP contribution in [0.4, 0.5) is 5.69 Å². The van der Waals surface area contributed by atoms with E-state index >= 15 is 0 Å². The molecule has 1 aromatic rings. The molecule has 3 aliphatic heterocycles. The molecule has 0 radical (unpaired) electrons. The van der Waals surface area contributed by atoms with E-state index in [0.29, 0.717) is 38.2 Å². The SMILES string of the molecule is O=C1CCC(N2C(=O)c3cccc(NCCOCCOC4CCNCC4)c3C2=O)C(=O)N1. The van der Waals surface area contributed by atoms with Gasteiger partial charge < -0.3 is 20.1 Å². The lowest BCUT2D eigenvalue weighted by atomic mass is 10.0. The molecule has 3 aliphatic rings. The predicted molar refractivity (Wildman–Crippen MR) is 114 cm³/mol. The third-order valence-electron chi connectivity index (χ3n) is 5.90. The average Bonchev–Trinajstić information content (AvgIpc) is 3.05. The Hall–Kier alpha value is -2.82. The van der Waals surface area contributed by atoms with Crippen molar-refractivity contribution in [1.29, 1.82) is 0 Å². The molecular formula is C22H28N4O6. The van der Waals surface area contributed by atoms with Crippen molar-refractivity contribution in [1.82, 2.24) is 15.5 Å². The number of ether oxygens (including phenoxy) is 2. The molecule has 4 amide bonds. The van der Waals surface area contributed by atoms with Crippen LogP contribution in [0.3, 0.4) is 0 Å². The predicted octanol–water partition coefficient (Wildman–Crippen LogP) is 0.285. The van der Waals surface area contributed by atoms with E-state index in [1.807, 2.05) is 0 Å². The Balaban J connectivity index is 1.28. The molecule has 1 aromatic carbocycles. The van der Waals surface area contributed by atoms with E-state index in [9.17, 15) is 19.2 Å². The first-order chi connectivity index (χ1) is 15.6. The standard InChI is InChI=1S/C22H28N4O6/c27-18-5-4-17(20(28)25-18)26-21(29)15-2-1-3-16(19(15)22(26)30)24-10-11-31-12-13-32-14-6-8-23-9-7-14/h1-3,14,17,23-24H,4-13H2,(H,25,27,28). The van der Waals surface area contributed by atoms with Gasteiger partial charge in [0.1, 0.15) is 6.04 Å². The van der Waals surface area contributed by atoms with Crippen molar-refractivity contribution in [2.45, 2.75) is 37.8 Å². The summed E-state index contributed by atoms with van der Waals surface area (Å²) in [5.41, 5.74) is 1.02. The monoisotopic (exact) mass is 444 g/mol. The minimum Gasteiger partial charge on any atom is -0.382 e. The van der Waals surface area contributed by atoms with Gasteiger partial charge in [0.25, 0.3) is 11.8 Å². The maximum absolute atomic E-state index is 13.0. The summed E-state index contributed by atoms with van der Waals surface area (Å²) in [4.78, 5) is 50.4. The molecule has 0 aliphatic carbocycles. The second-order valence-electron chi connectivity index (χ2n) is 8.03. The lowest BCUT2D eigenvalue weighted by molar-refractivity contribution is -0.136. The van der Waals surface area contributed by atoms with Gasteiger partial charge >= 0.3 is 0 Å². The van der Waals surface area contributed by atoms with Crippen molar-refractivity contribution in [3.8, 4) is 0 Å². The number of anilines is 1. The molecule has 1 atom stereocenters. The van der Waals surface area contributed by atoms with E-state index in [-0.39, 0.29) is 24.0 Å². The number of hydrogen-bond donors (Lipinski definition) is 3. The van der Waals surface area contributed by atoms with Crippen LogP contribution in [0.1, 0.15) is 46.4 Å². The third kappa shape index (κ3) is 4.82. The molecule has 2 saturated heterocycles. The summed E-state index contributed by atoms with van der Waals surface area (Å²) in [7, 11) is 0. The van der Waals surface area contributed by atoms with Crippen LogP contribution in [0.5, 0.6) is 0 Å². The van der Waals surface area contributed by atoms with Gasteiger partial charge in [0, 0.05) is 18.7 Å². The van der Waals surface area contributed by atoms with Crippen molar-refractivity contribution in [3.05, 3.63) is 29.3 Å². The van der Waals surface area contributed by atoms with Gasteiger partial charge in [0.2, 0.25) is 11.8 Å². The molecule has 0 spiro atoms. The Kier molecular flexibility index (Phi) is 7.13. The summed E-state index contributed by atoms with van der Waals surface area (Å²) < 4.78 is 11.4. The average molecular weight is 444 g/mol. The highest BCUT2D eigenvalue weighted by atomic mass is 16.5. The molecule has 0 saturated carbocycles. The molecule has 0 aromatic heterocycles. The fraction of sp³-hybridized carbons (Fsp3) is 0.545. The summed E-state index contributed by atoms with van der Waals surface area (Å²) in [5.74, 6) is -2.06. The van der Waals surface area contributed by atoms with Crippen LogP contribution in [0.25, 0.3) is 0 Å². The van der Waals surface area contributed by atoms with Crippen molar-refractivity contribution in [3.63, 3.8) is 0 Å². The molecule has 32 heavy (non-hydrogen) atoms. The van der Waals surface area contributed by atoms with Crippen LogP contribution in [0.15, 0.2) is 18.2 Å². The molecule has 0 bridgehead atoms. The van der Waals surface area contributed by atoms with Crippen molar-refractivity contribution < 1.29 is 28.7 Å². The van der Waals surface area contributed by atoms with Gasteiger partial charge in [0.15, 0.2) is 0 Å². The number of fused-ring (bicyclic) bond motifs is 1. The highest BCUT2D eigenvalue weighted by molar-refractivity contribution is 6.25. The summed E-state index contributed by atoms with van der Waals surface area (Å²) in [5, 5.41) is 8.64. The molecule has 3 N–H and O–H groups in total. The van der Waals surface area contributed by atoms with Crippen LogP contribution < -0.4 is 16.0 Å². The van der Waals surface area contributed by atoms with Crippen LogP contribution in [0.2, 0.25) is 0 Å². The zero-order valence-electron chi connectivity index (χ0n) is 17.9. The fourth-order valence-corrected chi connectivity index (χ4v) is 4.26. The van der Waals surface area contributed by atoms with Gasteiger partial charge in [-0.05, 0) is 44.5 Å². The molecule has 2 fully saturated rings. The highest BCUT2D eigenvalue weighted by Crippen LogP contribution is 2.32. The highest BCUT2D eigenvalue weighted by Gasteiger charge is 2.45. The quantitative estimate of drug-likeness (QED) is 0.366. The zero-order chi connectivity index (χ0) is 22.5. The minimum atomic E-state index is -0.976. The minimum absolute atomic E-state index is 0.0909. The lowest BCUT2D eigenvalue weighted by Gasteiger charge is -2.27. The Morgan fingerprint density at radius 2 is 1.81 bits per heavy atom. The van der Waals surface area contributed by atoms with E-state index < -0.39 is 29.7 Å². The molecule has 10 heteroatoms. The Morgan fingerprint density at radius 1 is 1.00 bits per heavy atom. The van der Waals surface area contributed by atoms with Gasteiger partial charge in [-0.3, -0.25) is 29.4 Å². The normalized spacial score (nSPS) is 21.6. The van der Waals surface area contributed by atoms with Gasteiger partial charge in [-0.1, -0.05) is 6.07 Å². The van der Waals surface area contributed by atoms with Gasteiger partial charge in [-0.15, -0.1) is 0 Å². The van der Waals surface area contributed by atoms with Gasteiger partial charge in [-0.2, -0.15) is 0 Å². The Labute approximate surface area is 186 Å². The smallest absolute Gasteiger partial charge is 0.264 e. The maximum atomic E-state index is 13.0. The van der Waals surface area contributed by atoms with E-state index in [1.54, 1.807) is 18.2 Å². The van der Waals surface area contributed by atoms with Crippen LogP contribution in [-0.2, 0) is 19.1 Å². The van der Waals surface area contributed by atoms with Crippen molar-refractivity contribution in [2.75, 3.05) is 44.8 Å². The van der Waals surface area contributed by atoms with Crippen LogP contribution in [-0.4, -0.2) is 80.1 Å². The van der Waals surface area contributed by atoms with Crippen molar-refractivity contribution >= 4 is 29.3 Å². The topological polar surface area (TPSA) is 126 Å². The Morgan fingerprint density at radius 3 is 2.59 bits per heavy atom. The summed E-state index contributed by atoms with van der Waals surface area (Å²) in [6, 6.07) is 4.00. The van der Waals surface area contributed by atoms with E-state index in [0.717, 1.165) is 30.8 Å². The molecule has 1 unspecified atom stereocenters. The van der Waals surface area contributed by atoms with Gasteiger partial charge in [-0.25, -0.2) is 0 Å². The fourth-order valence-electron chi connectivity index (χ4n) is 4.26. The summed E-state index contributed by atoms with van der Waals surface area (Å²) in [6.07, 6.45) is 2.55. The summed E-state index contributed by atoms with van der Waals surface area (Å²) in [6.45, 7) is 3.86. The number of piperidine rings is 2. The first-order valence-electron chi connectivity index (χ1n) is 11.0. The van der Waals surface area contributed by atoms with Crippen molar-refractivity contribution in [2.24, 2.45) is 0 Å². The Bertz CT molecular complexity index is 898. The second kappa shape index (κ2) is 10.2. The molecular weight excluding hydrogens is 416 g/mol. The number of amides is 4. The number of benzene rings is 1. The molecule has 3 heterocycles. The van der Waals surface area contributed by atoms with Crippen LogP contribution >= 0.6 is 0 Å². The van der Waals surface area contributed by atoms with Crippen LogP contribution in [0, 0.1) is 0 Å². The third-order valence-corrected chi connectivity index (χ3v) is 5.90. The first kappa shape index (κ1) is 22.4. The van der Waals surface area contributed by atoms with E-state index in [2.05, 4.69) is 16.0 Å². The number of rotatable bonds is 9. The summed E-state index contributed by atoms with van der Waals surface area (Å²) >= 11 is 0. The number of hydrogen-bond acceptors (Lipinski definition) is 8. The largest absolute Gasteiger partial charge is 0.382 e. The molecule has 4 rings (SSSR count). The molecule has 172 valence electrons. The zero-order valence-corrected chi connectivity index (χ0v) is 17.9.